The number of amides is 1. The first kappa shape index (κ1) is 21.4. The summed E-state index contributed by atoms with van der Waals surface area (Å²) in [5, 5.41) is 3.25. The van der Waals surface area contributed by atoms with Crippen molar-refractivity contribution >= 4 is 28.2 Å². The normalized spacial score (nSPS) is 15.2. The molecule has 2 aromatic carbocycles. The van der Waals surface area contributed by atoms with Crippen molar-refractivity contribution < 1.29 is 13.2 Å². The van der Waals surface area contributed by atoms with Crippen LogP contribution in [0.4, 0.5) is 0 Å². The van der Waals surface area contributed by atoms with Crippen LogP contribution in [-0.4, -0.2) is 45.4 Å². The number of hydrogen-bond donors (Lipinski definition) is 1. The Morgan fingerprint density at radius 1 is 1.04 bits per heavy atom. The molecule has 0 atom stereocenters. The summed E-state index contributed by atoms with van der Waals surface area (Å²) in [5.41, 5.74) is 1.03. The average Bonchev–Trinajstić information content (AvgIpc) is 2.68. The Hall–Kier alpha value is -1.89. The molecule has 1 amide bonds. The van der Waals surface area contributed by atoms with Crippen molar-refractivity contribution in [1.29, 1.82) is 0 Å². The van der Waals surface area contributed by atoms with Crippen molar-refractivity contribution in [3.8, 4) is 0 Å². The highest BCUT2D eigenvalue weighted by Gasteiger charge is 2.25. The third-order valence-corrected chi connectivity index (χ3v) is 6.57. The monoisotopic (exact) mass is 408 g/mol. The molecule has 0 bridgehead atoms. The van der Waals surface area contributed by atoms with Crippen LogP contribution in [0.1, 0.15) is 28.8 Å². The van der Waals surface area contributed by atoms with Gasteiger partial charge in [-0.2, -0.15) is 0 Å². The van der Waals surface area contributed by atoms with E-state index in [4.69, 9.17) is 0 Å². The third-order valence-electron chi connectivity index (χ3n) is 4.89. The maximum atomic E-state index is 12.9. The second-order valence-electron chi connectivity index (χ2n) is 6.58. The molecule has 27 heavy (non-hydrogen) atoms. The molecule has 1 fully saturated rings. The number of halogens is 1. The lowest BCUT2D eigenvalue weighted by Gasteiger charge is -2.32. The van der Waals surface area contributed by atoms with E-state index in [0.29, 0.717) is 30.3 Å². The van der Waals surface area contributed by atoms with Crippen molar-refractivity contribution in [2.24, 2.45) is 0 Å². The minimum absolute atomic E-state index is 0. The number of hydrogen-bond acceptors (Lipinski definition) is 4. The molecule has 1 aliphatic heterocycles. The van der Waals surface area contributed by atoms with E-state index in [2.05, 4.69) is 5.32 Å². The fraction of sp³-hybridized carbons (Fsp3) is 0.350. The van der Waals surface area contributed by atoms with Gasteiger partial charge in [0.1, 0.15) is 0 Å². The minimum Gasteiger partial charge on any atom is -0.339 e. The highest BCUT2D eigenvalue weighted by molar-refractivity contribution is 7.90. The Bertz CT molecular complexity index is 864. The molecule has 0 saturated carbocycles. The Balaban J connectivity index is 0.00000261. The Labute approximate surface area is 167 Å². The number of carbonyl (C=O) groups excluding carboxylic acids is 1. The van der Waals surface area contributed by atoms with Crippen LogP contribution < -0.4 is 5.32 Å². The maximum Gasteiger partial charge on any atom is 0.254 e. The van der Waals surface area contributed by atoms with Gasteiger partial charge in [0.25, 0.3) is 5.91 Å². The number of rotatable bonds is 5. The second-order valence-corrected chi connectivity index (χ2v) is 8.57. The smallest absolute Gasteiger partial charge is 0.254 e. The van der Waals surface area contributed by atoms with Crippen molar-refractivity contribution in [2.45, 2.75) is 29.5 Å². The molecule has 1 heterocycles. The van der Waals surface area contributed by atoms with Crippen LogP contribution in [0.15, 0.2) is 59.5 Å². The van der Waals surface area contributed by atoms with Crippen molar-refractivity contribution in [3.63, 3.8) is 0 Å². The largest absolute Gasteiger partial charge is 0.339 e. The van der Waals surface area contributed by atoms with Gasteiger partial charge in [-0.05, 0) is 43.7 Å². The molecule has 0 radical (unpaired) electrons. The Kier molecular flexibility index (Phi) is 7.41. The minimum atomic E-state index is -3.49. The number of nitrogens with one attached hydrogen (secondary N) is 1. The van der Waals surface area contributed by atoms with Gasteiger partial charge in [-0.3, -0.25) is 4.79 Å². The first-order valence-electron chi connectivity index (χ1n) is 8.83. The first-order valence-corrected chi connectivity index (χ1v) is 10.5. The van der Waals surface area contributed by atoms with Gasteiger partial charge in [-0.25, -0.2) is 8.42 Å². The summed E-state index contributed by atoms with van der Waals surface area (Å²) in [6.45, 7) is 1.37. The summed E-state index contributed by atoms with van der Waals surface area (Å²) in [6.07, 6.45) is 1.82. The van der Waals surface area contributed by atoms with Crippen LogP contribution in [0.2, 0.25) is 0 Å². The zero-order chi connectivity index (χ0) is 18.6. The topological polar surface area (TPSA) is 66.5 Å². The lowest BCUT2D eigenvalue weighted by atomic mass is 10.0. The van der Waals surface area contributed by atoms with E-state index in [0.717, 1.165) is 12.8 Å². The van der Waals surface area contributed by atoms with Crippen LogP contribution >= 0.6 is 12.4 Å². The van der Waals surface area contributed by atoms with Crippen LogP contribution in [0.3, 0.4) is 0 Å². The molecule has 7 heteroatoms. The van der Waals surface area contributed by atoms with E-state index in [1.165, 1.54) is 0 Å². The van der Waals surface area contributed by atoms with Crippen LogP contribution in [0.5, 0.6) is 0 Å². The van der Waals surface area contributed by atoms with Gasteiger partial charge in [0, 0.05) is 24.7 Å². The molecule has 146 valence electrons. The number of likely N-dealkylation sites (tertiary alicyclic amines) is 1. The molecular weight excluding hydrogens is 384 g/mol. The molecule has 2 aromatic rings. The van der Waals surface area contributed by atoms with Gasteiger partial charge >= 0.3 is 0 Å². The zero-order valence-corrected chi connectivity index (χ0v) is 16.9. The van der Waals surface area contributed by atoms with E-state index < -0.39 is 9.84 Å². The molecule has 0 spiro atoms. The van der Waals surface area contributed by atoms with E-state index in [1.807, 2.05) is 11.9 Å². The number of carbonyl (C=O) groups is 1. The highest BCUT2D eigenvalue weighted by atomic mass is 35.5. The van der Waals surface area contributed by atoms with Gasteiger partial charge in [-0.15, -0.1) is 12.4 Å². The summed E-state index contributed by atoms with van der Waals surface area (Å²) < 4.78 is 25.4. The zero-order valence-electron chi connectivity index (χ0n) is 15.3. The fourth-order valence-corrected chi connectivity index (χ4v) is 4.71. The summed E-state index contributed by atoms with van der Waals surface area (Å²) in [7, 11) is -1.56. The molecule has 1 saturated heterocycles. The lowest BCUT2D eigenvalue weighted by molar-refractivity contribution is 0.0706. The Morgan fingerprint density at radius 3 is 2.26 bits per heavy atom. The Morgan fingerprint density at radius 2 is 1.63 bits per heavy atom. The molecular formula is C20H25ClN2O3S. The van der Waals surface area contributed by atoms with Crippen molar-refractivity contribution in [1.82, 2.24) is 10.2 Å². The van der Waals surface area contributed by atoms with Gasteiger partial charge in [0.05, 0.1) is 10.6 Å². The van der Waals surface area contributed by atoms with Gasteiger partial charge in [0.15, 0.2) is 9.84 Å². The summed E-state index contributed by atoms with van der Waals surface area (Å²) in [6, 6.07) is 15.8. The third kappa shape index (κ3) is 5.09. The standard InChI is InChI=1S/C20H24N2O3S.ClH/c1-21-17-11-13-22(14-12-17)20(23)19-10-6-5-7-16(19)15-26(24,25)18-8-3-2-4-9-18;/h2-10,17,21H,11-15H2,1H3;1H. The van der Waals surface area contributed by atoms with E-state index in [-0.39, 0.29) is 29.0 Å². The summed E-state index contributed by atoms with van der Waals surface area (Å²) >= 11 is 0. The van der Waals surface area contributed by atoms with Crippen molar-refractivity contribution in [3.05, 3.63) is 65.7 Å². The first-order chi connectivity index (χ1) is 12.5. The van der Waals surface area contributed by atoms with Gasteiger partial charge in [-0.1, -0.05) is 36.4 Å². The predicted molar refractivity (Wildman–Crippen MR) is 109 cm³/mol. The average molecular weight is 409 g/mol. The number of piperidine rings is 1. The van der Waals surface area contributed by atoms with Crippen LogP contribution in [-0.2, 0) is 15.6 Å². The molecule has 3 rings (SSSR count). The number of nitrogens with zero attached hydrogens (tertiary/aromatic N) is 1. The number of sulfone groups is 1. The predicted octanol–water partition coefficient (Wildman–Crippen LogP) is 2.91. The maximum absolute atomic E-state index is 12.9. The molecule has 1 aliphatic rings. The second kappa shape index (κ2) is 9.35. The summed E-state index contributed by atoms with van der Waals surface area (Å²) in [4.78, 5) is 15.0. The highest BCUT2D eigenvalue weighted by Crippen LogP contribution is 2.21. The molecule has 0 unspecified atom stereocenters. The molecule has 1 N–H and O–H groups in total. The number of benzene rings is 2. The van der Waals surface area contributed by atoms with E-state index in [9.17, 15) is 13.2 Å². The van der Waals surface area contributed by atoms with E-state index >= 15 is 0 Å². The van der Waals surface area contributed by atoms with E-state index in [1.54, 1.807) is 54.6 Å². The molecule has 0 aliphatic carbocycles. The SMILES string of the molecule is CNC1CCN(C(=O)c2ccccc2CS(=O)(=O)c2ccccc2)CC1.Cl. The van der Waals surface area contributed by atoms with Crippen LogP contribution in [0, 0.1) is 0 Å². The summed E-state index contributed by atoms with van der Waals surface area (Å²) in [5.74, 6) is -0.259. The van der Waals surface area contributed by atoms with Crippen LogP contribution in [0.25, 0.3) is 0 Å². The van der Waals surface area contributed by atoms with Gasteiger partial charge in [0.2, 0.25) is 0 Å². The molecule has 0 aromatic heterocycles. The quantitative estimate of drug-likeness (QED) is 0.826. The molecule has 5 nitrogen and oxygen atoms in total. The fourth-order valence-electron chi connectivity index (χ4n) is 3.31. The van der Waals surface area contributed by atoms with Crippen molar-refractivity contribution in [2.75, 3.05) is 20.1 Å². The lowest BCUT2D eigenvalue weighted by Crippen LogP contribution is -2.44. The van der Waals surface area contributed by atoms with Gasteiger partial charge < -0.3 is 10.2 Å².